The first kappa shape index (κ1) is 11.1. The predicted octanol–water partition coefficient (Wildman–Crippen LogP) is 3.55. The lowest BCUT2D eigenvalue weighted by atomic mass is 10.1. The molecule has 0 atom stereocenters. The largest absolute Gasteiger partial charge is 0.383 e. The van der Waals surface area contributed by atoms with Crippen LogP contribution in [0.5, 0.6) is 0 Å². The van der Waals surface area contributed by atoms with E-state index in [1.165, 1.54) is 0 Å². The number of rotatable bonds is 1. The summed E-state index contributed by atoms with van der Waals surface area (Å²) in [6.07, 6.45) is 1.91. The first-order valence-corrected chi connectivity index (χ1v) is 6.03. The highest BCUT2D eigenvalue weighted by molar-refractivity contribution is 6.31. The number of pyridine rings is 1. The van der Waals surface area contributed by atoms with E-state index in [1.54, 1.807) is 0 Å². The second-order valence-electron chi connectivity index (χ2n) is 4.24. The minimum Gasteiger partial charge on any atom is -0.383 e. The van der Waals surface area contributed by atoms with Crippen molar-refractivity contribution < 1.29 is 0 Å². The number of anilines is 1. The van der Waals surface area contributed by atoms with Crippen molar-refractivity contribution in [3.8, 4) is 11.3 Å². The first-order chi connectivity index (χ1) is 8.66. The lowest BCUT2D eigenvalue weighted by molar-refractivity contribution is 1.20. The second-order valence-corrected chi connectivity index (χ2v) is 4.65. The van der Waals surface area contributed by atoms with Crippen LogP contribution < -0.4 is 5.73 Å². The van der Waals surface area contributed by atoms with Crippen molar-refractivity contribution in [2.75, 3.05) is 5.73 Å². The topological polar surface area (TPSA) is 43.3 Å². The van der Waals surface area contributed by atoms with E-state index in [1.807, 2.05) is 53.9 Å². The molecule has 3 rings (SSSR count). The Labute approximate surface area is 110 Å². The summed E-state index contributed by atoms with van der Waals surface area (Å²) in [5.74, 6) is 0.646. The smallest absolute Gasteiger partial charge is 0.139 e. The third-order valence-corrected chi connectivity index (χ3v) is 3.42. The number of aryl methyl sites for hydroxylation is 1. The van der Waals surface area contributed by atoms with Gasteiger partial charge in [0.1, 0.15) is 17.2 Å². The van der Waals surface area contributed by atoms with E-state index in [-0.39, 0.29) is 0 Å². The number of imidazole rings is 1. The number of nitrogen functional groups attached to an aromatic ring is 1. The molecular formula is C14H12ClN3. The Morgan fingerprint density at radius 1 is 1.22 bits per heavy atom. The standard InChI is InChI=1S/C14H12ClN3/c1-9-8-10(5-6-11(9)15)13-14(16)18-7-3-2-4-12(18)17-13/h2-8H,16H2,1H3. The van der Waals surface area contributed by atoms with E-state index in [0.29, 0.717) is 5.82 Å². The quantitative estimate of drug-likeness (QED) is 0.725. The molecule has 90 valence electrons. The Balaban J connectivity index is 2.25. The monoisotopic (exact) mass is 257 g/mol. The third-order valence-electron chi connectivity index (χ3n) is 3.00. The fourth-order valence-corrected chi connectivity index (χ4v) is 2.14. The Bertz CT molecular complexity index is 731. The summed E-state index contributed by atoms with van der Waals surface area (Å²) in [5, 5.41) is 0.751. The van der Waals surface area contributed by atoms with Crippen LogP contribution in [0.1, 0.15) is 5.56 Å². The molecule has 2 aromatic heterocycles. The van der Waals surface area contributed by atoms with Crippen LogP contribution in [0, 0.1) is 6.92 Å². The summed E-state index contributed by atoms with van der Waals surface area (Å²) < 4.78 is 1.87. The van der Waals surface area contributed by atoms with Gasteiger partial charge in [0.2, 0.25) is 0 Å². The summed E-state index contributed by atoms with van der Waals surface area (Å²) in [6, 6.07) is 11.6. The van der Waals surface area contributed by atoms with Crippen molar-refractivity contribution in [1.82, 2.24) is 9.38 Å². The Kier molecular flexibility index (Phi) is 2.49. The van der Waals surface area contributed by atoms with Gasteiger partial charge in [0.25, 0.3) is 0 Å². The molecular weight excluding hydrogens is 246 g/mol. The number of nitrogens with zero attached hydrogens (tertiary/aromatic N) is 2. The molecule has 0 fully saturated rings. The highest BCUT2D eigenvalue weighted by Gasteiger charge is 2.11. The zero-order chi connectivity index (χ0) is 12.7. The van der Waals surface area contributed by atoms with Gasteiger partial charge in [0.05, 0.1) is 0 Å². The lowest BCUT2D eigenvalue weighted by Gasteiger charge is -2.02. The molecule has 1 aromatic carbocycles. The average molecular weight is 258 g/mol. The van der Waals surface area contributed by atoms with Gasteiger partial charge in [-0.05, 0) is 36.8 Å². The maximum absolute atomic E-state index is 6.13. The zero-order valence-electron chi connectivity index (χ0n) is 9.89. The highest BCUT2D eigenvalue weighted by atomic mass is 35.5. The van der Waals surface area contributed by atoms with Gasteiger partial charge in [-0.3, -0.25) is 4.40 Å². The minimum atomic E-state index is 0.646. The summed E-state index contributed by atoms with van der Waals surface area (Å²) in [7, 11) is 0. The number of aromatic nitrogens is 2. The van der Waals surface area contributed by atoms with Crippen molar-refractivity contribution in [3.05, 3.63) is 53.2 Å². The molecule has 0 bridgehead atoms. The van der Waals surface area contributed by atoms with Gasteiger partial charge in [-0.15, -0.1) is 0 Å². The fourth-order valence-electron chi connectivity index (χ4n) is 2.02. The lowest BCUT2D eigenvalue weighted by Crippen LogP contribution is -1.93. The summed E-state index contributed by atoms with van der Waals surface area (Å²) in [4.78, 5) is 4.55. The van der Waals surface area contributed by atoms with Crippen LogP contribution in [0.25, 0.3) is 16.9 Å². The Morgan fingerprint density at radius 3 is 2.78 bits per heavy atom. The van der Waals surface area contributed by atoms with Gasteiger partial charge in [0.15, 0.2) is 0 Å². The minimum absolute atomic E-state index is 0.646. The number of hydrogen-bond donors (Lipinski definition) is 1. The van der Waals surface area contributed by atoms with Gasteiger partial charge in [-0.1, -0.05) is 23.7 Å². The molecule has 3 aromatic rings. The highest BCUT2D eigenvalue weighted by Crippen LogP contribution is 2.29. The summed E-state index contributed by atoms with van der Waals surface area (Å²) in [5.41, 5.74) is 9.77. The van der Waals surface area contributed by atoms with Gasteiger partial charge in [-0.25, -0.2) is 4.98 Å². The van der Waals surface area contributed by atoms with Crippen LogP contribution in [-0.2, 0) is 0 Å². The molecule has 0 saturated heterocycles. The molecule has 2 heterocycles. The molecule has 2 N–H and O–H groups in total. The molecule has 0 spiro atoms. The van der Waals surface area contributed by atoms with Gasteiger partial charge >= 0.3 is 0 Å². The summed E-state index contributed by atoms with van der Waals surface area (Å²) >= 11 is 6.03. The molecule has 4 heteroatoms. The molecule has 0 radical (unpaired) electrons. The molecule has 0 aliphatic heterocycles. The van der Waals surface area contributed by atoms with Gasteiger partial charge < -0.3 is 5.73 Å². The van der Waals surface area contributed by atoms with Crippen LogP contribution >= 0.6 is 11.6 Å². The van der Waals surface area contributed by atoms with Crippen molar-refractivity contribution in [2.45, 2.75) is 6.92 Å². The van der Waals surface area contributed by atoms with Crippen LogP contribution in [0.2, 0.25) is 5.02 Å². The van der Waals surface area contributed by atoms with E-state index in [4.69, 9.17) is 17.3 Å². The van der Waals surface area contributed by atoms with E-state index in [0.717, 1.165) is 27.5 Å². The Morgan fingerprint density at radius 2 is 2.06 bits per heavy atom. The van der Waals surface area contributed by atoms with Crippen LogP contribution in [-0.4, -0.2) is 9.38 Å². The summed E-state index contributed by atoms with van der Waals surface area (Å²) in [6.45, 7) is 1.97. The fraction of sp³-hybridized carbons (Fsp3) is 0.0714. The molecule has 0 aliphatic rings. The van der Waals surface area contributed by atoms with E-state index in [9.17, 15) is 0 Å². The number of fused-ring (bicyclic) bond motifs is 1. The van der Waals surface area contributed by atoms with Gasteiger partial charge in [-0.2, -0.15) is 0 Å². The maximum Gasteiger partial charge on any atom is 0.139 e. The third kappa shape index (κ3) is 1.64. The van der Waals surface area contributed by atoms with Crippen molar-refractivity contribution in [2.24, 2.45) is 0 Å². The normalized spacial score (nSPS) is 11.0. The molecule has 18 heavy (non-hydrogen) atoms. The van der Waals surface area contributed by atoms with Crippen LogP contribution in [0.4, 0.5) is 5.82 Å². The average Bonchev–Trinajstić information content (AvgIpc) is 2.71. The van der Waals surface area contributed by atoms with E-state index >= 15 is 0 Å². The maximum atomic E-state index is 6.13. The number of benzene rings is 1. The number of halogens is 1. The van der Waals surface area contributed by atoms with Crippen molar-refractivity contribution >= 4 is 23.1 Å². The SMILES string of the molecule is Cc1cc(-c2nc3ccccn3c2N)ccc1Cl. The van der Waals surface area contributed by atoms with Crippen LogP contribution in [0.15, 0.2) is 42.6 Å². The zero-order valence-corrected chi connectivity index (χ0v) is 10.6. The Hall–Kier alpha value is -2.00. The van der Waals surface area contributed by atoms with Crippen molar-refractivity contribution in [3.63, 3.8) is 0 Å². The van der Waals surface area contributed by atoms with Crippen molar-refractivity contribution in [1.29, 1.82) is 0 Å². The predicted molar refractivity (Wildman–Crippen MR) is 74.8 cm³/mol. The molecule has 0 unspecified atom stereocenters. The van der Waals surface area contributed by atoms with E-state index < -0.39 is 0 Å². The number of nitrogens with two attached hydrogens (primary N) is 1. The molecule has 0 amide bonds. The second kappa shape index (κ2) is 4.03. The molecule has 3 nitrogen and oxygen atoms in total. The van der Waals surface area contributed by atoms with Crippen LogP contribution in [0.3, 0.4) is 0 Å². The molecule has 0 aliphatic carbocycles. The molecule has 0 saturated carbocycles. The number of hydrogen-bond acceptors (Lipinski definition) is 2. The first-order valence-electron chi connectivity index (χ1n) is 5.66. The van der Waals surface area contributed by atoms with E-state index in [2.05, 4.69) is 4.98 Å². The van der Waals surface area contributed by atoms with Gasteiger partial charge in [0, 0.05) is 16.8 Å².